The van der Waals surface area contributed by atoms with Gasteiger partial charge in [-0.3, -0.25) is 0 Å². The lowest BCUT2D eigenvalue weighted by atomic mass is 10.1. The van der Waals surface area contributed by atoms with Gasteiger partial charge in [0.25, 0.3) is 0 Å². The summed E-state index contributed by atoms with van der Waals surface area (Å²) in [5.41, 5.74) is 1.66. The van der Waals surface area contributed by atoms with Crippen molar-refractivity contribution in [3.05, 3.63) is 87.4 Å². The van der Waals surface area contributed by atoms with E-state index >= 15 is 0 Å². The number of halogens is 1. The minimum Gasteiger partial charge on any atom is -0.465 e. The SMILES string of the molecule is COC(=O)c1sccc1NC(=O)NC(c1ccccc1)c1nnc(-c2ccccc2Cl)o1. The van der Waals surface area contributed by atoms with Crippen LogP contribution in [0.15, 0.2) is 70.5 Å². The zero-order valence-corrected chi connectivity index (χ0v) is 18.3. The molecule has 162 valence electrons. The number of aromatic nitrogens is 2. The highest BCUT2D eigenvalue weighted by atomic mass is 35.5. The van der Waals surface area contributed by atoms with Crippen molar-refractivity contribution in [3.63, 3.8) is 0 Å². The summed E-state index contributed by atoms with van der Waals surface area (Å²) >= 11 is 7.40. The van der Waals surface area contributed by atoms with Crippen LogP contribution in [0.2, 0.25) is 5.02 Å². The predicted octanol–water partition coefficient (Wildman–Crippen LogP) is 5.15. The molecule has 2 heterocycles. The fourth-order valence-electron chi connectivity index (χ4n) is 2.98. The van der Waals surface area contributed by atoms with Gasteiger partial charge in [0.05, 0.1) is 23.4 Å². The topological polar surface area (TPSA) is 106 Å². The molecule has 2 N–H and O–H groups in total. The molecule has 0 saturated carbocycles. The molecule has 0 aliphatic carbocycles. The number of hydrogen-bond donors (Lipinski definition) is 2. The largest absolute Gasteiger partial charge is 0.465 e. The van der Waals surface area contributed by atoms with E-state index in [2.05, 4.69) is 20.8 Å². The Morgan fingerprint density at radius 3 is 2.56 bits per heavy atom. The first-order chi connectivity index (χ1) is 15.6. The second-order valence-corrected chi connectivity index (χ2v) is 7.85. The molecule has 1 atom stereocenters. The van der Waals surface area contributed by atoms with Gasteiger partial charge in [-0.15, -0.1) is 21.5 Å². The highest BCUT2D eigenvalue weighted by molar-refractivity contribution is 7.12. The van der Waals surface area contributed by atoms with Gasteiger partial charge in [-0.1, -0.05) is 54.1 Å². The lowest BCUT2D eigenvalue weighted by molar-refractivity contribution is 0.0607. The Morgan fingerprint density at radius 1 is 1.06 bits per heavy atom. The van der Waals surface area contributed by atoms with Gasteiger partial charge < -0.3 is 19.8 Å². The lowest BCUT2D eigenvalue weighted by Crippen LogP contribution is -2.33. The highest BCUT2D eigenvalue weighted by Crippen LogP contribution is 2.29. The van der Waals surface area contributed by atoms with Crippen molar-refractivity contribution in [1.82, 2.24) is 15.5 Å². The third kappa shape index (κ3) is 4.63. The number of hydrogen-bond acceptors (Lipinski definition) is 7. The zero-order chi connectivity index (χ0) is 22.5. The second kappa shape index (κ2) is 9.63. The van der Waals surface area contributed by atoms with Crippen LogP contribution in [-0.4, -0.2) is 29.3 Å². The van der Waals surface area contributed by atoms with Crippen molar-refractivity contribution in [3.8, 4) is 11.5 Å². The summed E-state index contributed by atoms with van der Waals surface area (Å²) in [7, 11) is 1.28. The maximum absolute atomic E-state index is 12.8. The quantitative estimate of drug-likeness (QED) is 0.379. The third-order valence-corrected chi connectivity index (χ3v) is 5.71. The summed E-state index contributed by atoms with van der Waals surface area (Å²) in [6.07, 6.45) is 0. The molecular weight excluding hydrogens is 452 g/mol. The molecular formula is C22H17ClN4O4S. The van der Waals surface area contributed by atoms with Gasteiger partial charge in [-0.2, -0.15) is 0 Å². The smallest absolute Gasteiger partial charge is 0.350 e. The van der Waals surface area contributed by atoms with Gasteiger partial charge >= 0.3 is 12.0 Å². The van der Waals surface area contributed by atoms with Crippen LogP contribution in [0.25, 0.3) is 11.5 Å². The van der Waals surface area contributed by atoms with E-state index < -0.39 is 18.0 Å². The molecule has 4 rings (SSSR count). The van der Waals surface area contributed by atoms with Gasteiger partial charge in [0.15, 0.2) is 0 Å². The number of rotatable bonds is 6. The summed E-state index contributed by atoms with van der Waals surface area (Å²) in [6, 6.07) is 16.6. The molecule has 2 amide bonds. The van der Waals surface area contributed by atoms with Crippen LogP contribution in [0.4, 0.5) is 10.5 Å². The van der Waals surface area contributed by atoms with Crippen molar-refractivity contribution in [2.45, 2.75) is 6.04 Å². The Morgan fingerprint density at radius 2 is 1.81 bits per heavy atom. The number of nitrogens with zero attached hydrogens (tertiary/aromatic N) is 2. The third-order valence-electron chi connectivity index (χ3n) is 4.48. The van der Waals surface area contributed by atoms with Gasteiger partial charge in [0.1, 0.15) is 10.9 Å². The first kappa shape index (κ1) is 21.5. The Kier molecular flexibility index (Phi) is 6.48. The summed E-state index contributed by atoms with van der Waals surface area (Å²) < 4.78 is 10.6. The molecule has 2 aromatic carbocycles. The average molecular weight is 469 g/mol. The minimum atomic E-state index is -0.736. The number of methoxy groups -OCH3 is 1. The van der Waals surface area contributed by atoms with Crippen molar-refractivity contribution in [2.24, 2.45) is 0 Å². The lowest BCUT2D eigenvalue weighted by Gasteiger charge is -2.16. The average Bonchev–Trinajstić information content (AvgIpc) is 3.48. The van der Waals surface area contributed by atoms with Crippen LogP contribution in [0, 0.1) is 0 Å². The molecule has 0 aliphatic heterocycles. The van der Waals surface area contributed by atoms with E-state index in [9.17, 15) is 9.59 Å². The van der Waals surface area contributed by atoms with Crippen molar-refractivity contribution >= 4 is 40.6 Å². The Labute approximate surface area is 192 Å². The van der Waals surface area contributed by atoms with E-state index in [1.165, 1.54) is 18.4 Å². The van der Waals surface area contributed by atoms with E-state index in [1.807, 2.05) is 36.4 Å². The van der Waals surface area contributed by atoms with E-state index in [4.69, 9.17) is 20.8 Å². The molecule has 0 fully saturated rings. The second-order valence-electron chi connectivity index (χ2n) is 6.52. The first-order valence-electron chi connectivity index (χ1n) is 9.43. The van der Waals surface area contributed by atoms with Gasteiger partial charge in [0, 0.05) is 0 Å². The van der Waals surface area contributed by atoms with Crippen LogP contribution in [-0.2, 0) is 4.74 Å². The number of anilines is 1. The molecule has 0 saturated heterocycles. The molecule has 32 heavy (non-hydrogen) atoms. The molecule has 0 radical (unpaired) electrons. The number of urea groups is 1. The van der Waals surface area contributed by atoms with Crippen LogP contribution in [0.1, 0.15) is 27.2 Å². The van der Waals surface area contributed by atoms with Gasteiger partial charge in [-0.05, 0) is 29.1 Å². The predicted molar refractivity (Wildman–Crippen MR) is 121 cm³/mol. The normalized spacial score (nSPS) is 11.6. The van der Waals surface area contributed by atoms with Crippen molar-refractivity contribution in [2.75, 3.05) is 12.4 Å². The summed E-state index contributed by atoms with van der Waals surface area (Å²) in [5, 5.41) is 15.9. The number of carbonyl (C=O) groups is 2. The fourth-order valence-corrected chi connectivity index (χ4v) is 3.96. The molecule has 1 unspecified atom stereocenters. The molecule has 0 bridgehead atoms. The van der Waals surface area contributed by atoms with E-state index in [1.54, 1.807) is 29.6 Å². The van der Waals surface area contributed by atoms with Crippen LogP contribution in [0.3, 0.4) is 0 Å². The summed E-state index contributed by atoms with van der Waals surface area (Å²) in [5.74, 6) is -0.115. The Balaban J connectivity index is 1.60. The van der Waals surface area contributed by atoms with Crippen molar-refractivity contribution < 1.29 is 18.7 Å². The van der Waals surface area contributed by atoms with Crippen molar-refractivity contribution in [1.29, 1.82) is 0 Å². The Bertz CT molecular complexity index is 1240. The molecule has 0 spiro atoms. The van der Waals surface area contributed by atoms with Crippen LogP contribution in [0.5, 0.6) is 0 Å². The number of nitrogens with one attached hydrogen (secondary N) is 2. The minimum absolute atomic E-state index is 0.180. The van der Waals surface area contributed by atoms with E-state index in [0.29, 0.717) is 16.3 Å². The number of amides is 2. The monoisotopic (exact) mass is 468 g/mol. The number of carbonyl (C=O) groups excluding carboxylic acids is 2. The van der Waals surface area contributed by atoms with Crippen LogP contribution < -0.4 is 10.6 Å². The van der Waals surface area contributed by atoms with Gasteiger partial charge in [0.2, 0.25) is 11.8 Å². The Hall–Kier alpha value is -3.69. The van der Waals surface area contributed by atoms with Gasteiger partial charge in [-0.25, -0.2) is 9.59 Å². The number of thiophene rings is 1. The highest BCUT2D eigenvalue weighted by Gasteiger charge is 2.25. The van der Waals surface area contributed by atoms with E-state index in [-0.39, 0.29) is 16.7 Å². The van der Waals surface area contributed by atoms with Crippen LogP contribution >= 0.6 is 22.9 Å². The van der Waals surface area contributed by atoms with E-state index in [0.717, 1.165) is 5.56 Å². The first-order valence-corrected chi connectivity index (χ1v) is 10.7. The molecule has 4 aromatic rings. The zero-order valence-electron chi connectivity index (χ0n) is 16.7. The fraction of sp³-hybridized carbons (Fsp3) is 0.0909. The maximum Gasteiger partial charge on any atom is 0.350 e. The standard InChI is InChI=1S/C22H17ClN4O4S/c1-30-21(28)18-16(11-12-32-18)24-22(29)25-17(13-7-3-2-4-8-13)20-27-26-19(31-20)14-9-5-6-10-15(14)23/h2-12,17H,1H3,(H2,24,25,29). The molecule has 8 nitrogen and oxygen atoms in total. The maximum atomic E-state index is 12.8. The number of esters is 1. The molecule has 2 aromatic heterocycles. The number of benzene rings is 2. The molecule has 0 aliphatic rings. The summed E-state index contributed by atoms with van der Waals surface area (Å²) in [6.45, 7) is 0. The number of ether oxygens (including phenoxy) is 1. The summed E-state index contributed by atoms with van der Waals surface area (Å²) in [4.78, 5) is 24.9. The molecule has 10 heteroatoms.